The van der Waals surface area contributed by atoms with Gasteiger partial charge in [0, 0.05) is 0 Å². The van der Waals surface area contributed by atoms with Crippen molar-refractivity contribution in [3.8, 4) is 0 Å². The topological polar surface area (TPSA) is 59.1 Å². The van der Waals surface area contributed by atoms with Crippen molar-refractivity contribution in [1.29, 1.82) is 0 Å². The van der Waals surface area contributed by atoms with Crippen LogP contribution in [0.2, 0.25) is 0 Å². The Hall–Kier alpha value is -3.02. The molecule has 6 nitrogen and oxygen atoms in total. The minimum Gasteiger partial charge on any atom is -0.444 e. The maximum absolute atomic E-state index is 13.2. The van der Waals surface area contributed by atoms with E-state index in [9.17, 15) is 9.59 Å². The Balaban J connectivity index is 2.09. The molecule has 2 atom stereocenters. The molecule has 0 spiro atoms. The largest absolute Gasteiger partial charge is 0.444 e. The molecule has 166 valence electrons. The third-order valence-corrected chi connectivity index (χ3v) is 4.81. The molecule has 0 unspecified atom stereocenters. The average molecular weight is 425 g/mol. The standard InChI is InChI=1S/C25H32N2O4/c1-24(2,3)30-22(28)26-17-27(23(29)31-25(4,5)6)21(19-15-11-8-12-16-19)20(26)18-13-9-7-10-14-18/h7-16,20-21H,17H2,1-6H3/t20-,21-/m1/s1. The number of carbonyl (C=O) groups excluding carboxylic acids is 2. The van der Waals surface area contributed by atoms with E-state index in [2.05, 4.69) is 0 Å². The van der Waals surface area contributed by atoms with Crippen LogP contribution in [0.5, 0.6) is 0 Å². The third-order valence-electron chi connectivity index (χ3n) is 4.81. The van der Waals surface area contributed by atoms with Gasteiger partial charge in [-0.2, -0.15) is 0 Å². The Bertz CT molecular complexity index is 825. The van der Waals surface area contributed by atoms with Crippen molar-refractivity contribution in [2.45, 2.75) is 64.8 Å². The molecule has 2 amide bonds. The number of carbonyl (C=O) groups is 2. The van der Waals surface area contributed by atoms with Crippen LogP contribution in [-0.2, 0) is 9.47 Å². The van der Waals surface area contributed by atoms with Crippen molar-refractivity contribution < 1.29 is 19.1 Å². The van der Waals surface area contributed by atoms with Crippen molar-refractivity contribution >= 4 is 12.2 Å². The molecule has 2 aromatic rings. The van der Waals surface area contributed by atoms with Gasteiger partial charge in [-0.25, -0.2) is 9.59 Å². The summed E-state index contributed by atoms with van der Waals surface area (Å²) in [6.45, 7) is 11.1. The summed E-state index contributed by atoms with van der Waals surface area (Å²) < 4.78 is 11.4. The van der Waals surface area contributed by atoms with E-state index in [1.165, 1.54) is 0 Å². The van der Waals surface area contributed by atoms with Crippen LogP contribution in [0.4, 0.5) is 9.59 Å². The molecular weight excluding hydrogens is 392 g/mol. The van der Waals surface area contributed by atoms with Gasteiger partial charge in [0.15, 0.2) is 0 Å². The zero-order chi connectivity index (χ0) is 22.8. The van der Waals surface area contributed by atoms with E-state index in [1.54, 1.807) is 9.80 Å². The predicted octanol–water partition coefficient (Wildman–Crippen LogP) is 5.91. The zero-order valence-corrected chi connectivity index (χ0v) is 19.2. The van der Waals surface area contributed by atoms with Gasteiger partial charge >= 0.3 is 12.2 Å². The molecule has 6 heteroatoms. The van der Waals surface area contributed by atoms with Crippen LogP contribution >= 0.6 is 0 Å². The van der Waals surface area contributed by atoms with Crippen LogP contribution in [0.1, 0.15) is 64.8 Å². The predicted molar refractivity (Wildman–Crippen MR) is 119 cm³/mol. The van der Waals surface area contributed by atoms with Crippen LogP contribution < -0.4 is 0 Å². The number of hydrogen-bond donors (Lipinski definition) is 0. The maximum atomic E-state index is 13.2. The van der Waals surface area contributed by atoms with E-state index >= 15 is 0 Å². The van der Waals surface area contributed by atoms with E-state index in [4.69, 9.17) is 9.47 Å². The van der Waals surface area contributed by atoms with Crippen molar-refractivity contribution in [2.75, 3.05) is 6.67 Å². The van der Waals surface area contributed by atoms with E-state index in [0.717, 1.165) is 11.1 Å². The first-order valence-electron chi connectivity index (χ1n) is 10.6. The monoisotopic (exact) mass is 424 g/mol. The fourth-order valence-electron chi connectivity index (χ4n) is 3.69. The second kappa shape index (κ2) is 8.61. The first-order chi connectivity index (χ1) is 14.5. The van der Waals surface area contributed by atoms with E-state index < -0.39 is 35.5 Å². The second-order valence-electron chi connectivity index (χ2n) is 9.75. The molecule has 0 radical (unpaired) electrons. The molecule has 1 aliphatic rings. The summed E-state index contributed by atoms with van der Waals surface area (Å²) in [6, 6.07) is 18.6. The van der Waals surface area contributed by atoms with Gasteiger partial charge in [0.05, 0.1) is 12.1 Å². The fraction of sp³-hybridized carbons (Fsp3) is 0.440. The summed E-state index contributed by atoms with van der Waals surface area (Å²) in [4.78, 5) is 29.6. The highest BCUT2D eigenvalue weighted by molar-refractivity contribution is 5.74. The van der Waals surface area contributed by atoms with Crippen LogP contribution in [0, 0.1) is 0 Å². The Morgan fingerprint density at radius 1 is 0.677 bits per heavy atom. The lowest BCUT2D eigenvalue weighted by Gasteiger charge is -2.31. The summed E-state index contributed by atoms with van der Waals surface area (Å²) in [7, 11) is 0. The lowest BCUT2D eigenvalue weighted by atomic mass is 9.93. The molecule has 1 heterocycles. The van der Waals surface area contributed by atoms with Crippen LogP contribution in [0.25, 0.3) is 0 Å². The van der Waals surface area contributed by atoms with Crippen molar-refractivity contribution in [3.63, 3.8) is 0 Å². The van der Waals surface area contributed by atoms with Crippen molar-refractivity contribution in [3.05, 3.63) is 71.8 Å². The maximum Gasteiger partial charge on any atom is 0.412 e. The highest BCUT2D eigenvalue weighted by atomic mass is 16.6. The lowest BCUT2D eigenvalue weighted by Crippen LogP contribution is -2.40. The molecule has 0 aromatic heterocycles. The summed E-state index contributed by atoms with van der Waals surface area (Å²) in [6.07, 6.45) is -0.929. The molecule has 0 N–H and O–H groups in total. The Kier molecular flexibility index (Phi) is 6.30. The first-order valence-corrected chi connectivity index (χ1v) is 10.6. The number of hydrogen-bond acceptors (Lipinski definition) is 4. The minimum absolute atomic E-state index is 0.0724. The minimum atomic E-state index is -0.653. The smallest absolute Gasteiger partial charge is 0.412 e. The average Bonchev–Trinajstić information content (AvgIpc) is 3.08. The number of amides is 2. The highest BCUT2D eigenvalue weighted by Gasteiger charge is 2.48. The van der Waals surface area contributed by atoms with Gasteiger partial charge < -0.3 is 9.47 Å². The first kappa shape index (κ1) is 22.7. The molecular formula is C25H32N2O4. The van der Waals surface area contributed by atoms with Gasteiger partial charge in [-0.1, -0.05) is 60.7 Å². The fourth-order valence-corrected chi connectivity index (χ4v) is 3.69. The Labute approximate surface area is 184 Å². The van der Waals surface area contributed by atoms with E-state index in [1.807, 2.05) is 102 Å². The molecule has 1 fully saturated rings. The zero-order valence-electron chi connectivity index (χ0n) is 19.2. The second-order valence-corrected chi connectivity index (χ2v) is 9.75. The molecule has 2 aromatic carbocycles. The molecule has 1 saturated heterocycles. The Morgan fingerprint density at radius 2 is 1.00 bits per heavy atom. The van der Waals surface area contributed by atoms with Crippen LogP contribution in [0.15, 0.2) is 60.7 Å². The van der Waals surface area contributed by atoms with Crippen molar-refractivity contribution in [1.82, 2.24) is 9.80 Å². The lowest BCUT2D eigenvalue weighted by molar-refractivity contribution is 0.0135. The summed E-state index contributed by atoms with van der Waals surface area (Å²) in [5.74, 6) is 0. The normalized spacial score (nSPS) is 19.3. The molecule has 3 rings (SSSR count). The number of ether oxygens (including phenoxy) is 2. The number of nitrogens with zero attached hydrogens (tertiary/aromatic N) is 2. The number of rotatable bonds is 2. The quantitative estimate of drug-likeness (QED) is 0.601. The molecule has 31 heavy (non-hydrogen) atoms. The van der Waals surface area contributed by atoms with Crippen molar-refractivity contribution in [2.24, 2.45) is 0 Å². The van der Waals surface area contributed by atoms with Gasteiger partial charge in [0.25, 0.3) is 0 Å². The molecule has 0 saturated carbocycles. The van der Waals surface area contributed by atoms with Crippen LogP contribution in [-0.4, -0.2) is 39.9 Å². The summed E-state index contributed by atoms with van der Waals surface area (Å²) in [5.41, 5.74) is 0.543. The van der Waals surface area contributed by atoms with Gasteiger partial charge in [-0.05, 0) is 52.7 Å². The SMILES string of the molecule is CC(C)(C)OC(=O)N1CN(C(=O)OC(C)(C)C)[C@H](c2ccccc2)[C@H]1c1ccccc1. The van der Waals surface area contributed by atoms with Gasteiger partial charge in [-0.15, -0.1) is 0 Å². The van der Waals surface area contributed by atoms with E-state index in [0.29, 0.717) is 0 Å². The summed E-state index contributed by atoms with van der Waals surface area (Å²) >= 11 is 0. The molecule has 0 bridgehead atoms. The molecule has 0 aliphatic carbocycles. The van der Waals surface area contributed by atoms with Gasteiger partial charge in [0.1, 0.15) is 17.9 Å². The van der Waals surface area contributed by atoms with E-state index in [-0.39, 0.29) is 6.67 Å². The van der Waals surface area contributed by atoms with Crippen LogP contribution in [0.3, 0.4) is 0 Å². The van der Waals surface area contributed by atoms with Gasteiger partial charge in [0.2, 0.25) is 0 Å². The highest BCUT2D eigenvalue weighted by Crippen LogP contribution is 2.45. The molecule has 1 aliphatic heterocycles. The number of benzene rings is 2. The Morgan fingerprint density at radius 3 is 1.29 bits per heavy atom. The third kappa shape index (κ3) is 5.57. The van der Waals surface area contributed by atoms with Gasteiger partial charge in [-0.3, -0.25) is 9.80 Å². The summed E-state index contributed by atoms with van der Waals surface area (Å²) in [5, 5.41) is 0.